The molecule has 26 heavy (non-hydrogen) atoms. The molecule has 0 atom stereocenters. The van der Waals surface area contributed by atoms with E-state index in [9.17, 15) is 18.0 Å². The summed E-state index contributed by atoms with van der Waals surface area (Å²) in [5.74, 6) is -0.366. The topological polar surface area (TPSA) is 64.0 Å². The molecule has 0 bridgehead atoms. The molecule has 0 aliphatic carbocycles. The Balaban J connectivity index is 2.11. The minimum atomic E-state index is -4.45. The van der Waals surface area contributed by atoms with Crippen LogP contribution >= 0.6 is 0 Å². The van der Waals surface area contributed by atoms with E-state index in [-0.39, 0.29) is 12.5 Å². The molecule has 1 aromatic heterocycles. The Morgan fingerprint density at radius 3 is 2.62 bits per heavy atom. The highest BCUT2D eigenvalue weighted by Crippen LogP contribution is 2.29. The maximum atomic E-state index is 12.5. The lowest BCUT2D eigenvalue weighted by atomic mass is 10.1. The minimum absolute atomic E-state index is 0.0214. The number of para-hydroxylation sites is 1. The van der Waals surface area contributed by atoms with E-state index in [1.807, 2.05) is 0 Å². The number of hydrogen-bond acceptors (Lipinski definition) is 5. The maximum absolute atomic E-state index is 12.5. The second-order valence-corrected chi connectivity index (χ2v) is 5.11. The van der Waals surface area contributed by atoms with Gasteiger partial charge in [-0.25, -0.2) is 4.98 Å². The lowest BCUT2D eigenvalue weighted by molar-refractivity contribution is -0.137. The van der Waals surface area contributed by atoms with E-state index in [1.54, 1.807) is 31.3 Å². The number of amides is 1. The van der Waals surface area contributed by atoms with Gasteiger partial charge in [0.05, 0.1) is 11.3 Å². The van der Waals surface area contributed by atoms with Crippen LogP contribution in [0.15, 0.2) is 47.8 Å². The number of benzene rings is 1. The van der Waals surface area contributed by atoms with E-state index in [0.29, 0.717) is 17.4 Å². The standard InChI is InChI=1S/C17H16F3N3O3/c1-23(16(24)10-22-25-2)14-6-4-3-5-12(14)11-26-15-8-7-13(9-21-15)17(18,19)20/h3-10H,11H2,1-2H3. The lowest BCUT2D eigenvalue weighted by Crippen LogP contribution is -2.28. The zero-order chi connectivity index (χ0) is 19.2. The van der Waals surface area contributed by atoms with Crippen LogP contribution in [0.2, 0.25) is 0 Å². The first-order valence-electron chi connectivity index (χ1n) is 7.41. The quantitative estimate of drug-likeness (QED) is 0.581. The van der Waals surface area contributed by atoms with Crippen LogP contribution in [0.3, 0.4) is 0 Å². The zero-order valence-electron chi connectivity index (χ0n) is 14.0. The number of oxime groups is 1. The van der Waals surface area contributed by atoms with Crippen LogP contribution in [-0.2, 0) is 22.4 Å². The fraction of sp³-hybridized carbons (Fsp3) is 0.235. The van der Waals surface area contributed by atoms with Gasteiger partial charge in [-0.05, 0) is 12.1 Å². The van der Waals surface area contributed by atoms with Crippen molar-refractivity contribution < 1.29 is 27.5 Å². The summed E-state index contributed by atoms with van der Waals surface area (Å²) < 4.78 is 43.1. The van der Waals surface area contributed by atoms with E-state index >= 15 is 0 Å². The summed E-state index contributed by atoms with van der Waals surface area (Å²) in [4.78, 5) is 21.5. The van der Waals surface area contributed by atoms with Crippen molar-refractivity contribution in [2.24, 2.45) is 5.16 Å². The van der Waals surface area contributed by atoms with Crippen molar-refractivity contribution >= 4 is 17.8 Å². The van der Waals surface area contributed by atoms with Gasteiger partial charge in [0.1, 0.15) is 19.9 Å². The summed E-state index contributed by atoms with van der Waals surface area (Å²) in [5, 5.41) is 3.42. The first-order valence-corrected chi connectivity index (χ1v) is 7.41. The second kappa shape index (κ2) is 8.32. The summed E-state index contributed by atoms with van der Waals surface area (Å²) >= 11 is 0. The molecule has 138 valence electrons. The third-order valence-electron chi connectivity index (χ3n) is 3.39. The fourth-order valence-corrected chi connectivity index (χ4v) is 2.05. The first kappa shape index (κ1) is 19.2. The Morgan fingerprint density at radius 2 is 2.00 bits per heavy atom. The number of pyridine rings is 1. The molecular formula is C17H16F3N3O3. The molecule has 0 aliphatic heterocycles. The average molecular weight is 367 g/mol. The number of nitrogens with zero attached hydrogens (tertiary/aromatic N) is 3. The number of alkyl halides is 3. The third-order valence-corrected chi connectivity index (χ3v) is 3.39. The lowest BCUT2D eigenvalue weighted by Gasteiger charge is -2.19. The van der Waals surface area contributed by atoms with E-state index in [0.717, 1.165) is 18.3 Å². The predicted octanol–water partition coefficient (Wildman–Crippen LogP) is 3.27. The number of ether oxygens (including phenoxy) is 1. The molecular weight excluding hydrogens is 351 g/mol. The molecule has 0 aliphatic rings. The highest BCUT2D eigenvalue weighted by Gasteiger charge is 2.30. The maximum Gasteiger partial charge on any atom is 0.417 e. The van der Waals surface area contributed by atoms with Crippen molar-refractivity contribution in [2.45, 2.75) is 12.8 Å². The van der Waals surface area contributed by atoms with Gasteiger partial charge in [0.25, 0.3) is 5.91 Å². The zero-order valence-corrected chi connectivity index (χ0v) is 14.0. The molecule has 2 aromatic rings. The average Bonchev–Trinajstić information content (AvgIpc) is 2.63. The van der Waals surface area contributed by atoms with E-state index in [1.165, 1.54) is 12.0 Å². The highest BCUT2D eigenvalue weighted by molar-refractivity contribution is 6.32. The Bertz CT molecular complexity index is 777. The number of halogens is 3. The predicted molar refractivity (Wildman–Crippen MR) is 88.9 cm³/mol. The van der Waals surface area contributed by atoms with Gasteiger partial charge in [-0.15, -0.1) is 0 Å². The van der Waals surface area contributed by atoms with Crippen LogP contribution in [0, 0.1) is 0 Å². The van der Waals surface area contributed by atoms with Crippen LogP contribution < -0.4 is 9.64 Å². The van der Waals surface area contributed by atoms with Crippen molar-refractivity contribution in [1.82, 2.24) is 4.98 Å². The molecule has 1 amide bonds. The largest absolute Gasteiger partial charge is 0.473 e. The van der Waals surface area contributed by atoms with Gasteiger partial charge >= 0.3 is 6.18 Å². The summed E-state index contributed by atoms with van der Waals surface area (Å²) in [7, 11) is 2.88. The van der Waals surface area contributed by atoms with Gasteiger partial charge in [-0.1, -0.05) is 23.4 Å². The van der Waals surface area contributed by atoms with E-state index < -0.39 is 17.6 Å². The minimum Gasteiger partial charge on any atom is -0.473 e. The molecule has 0 fully saturated rings. The molecule has 0 saturated carbocycles. The SMILES string of the molecule is CON=CC(=O)N(C)c1ccccc1COc1ccc(C(F)(F)F)cn1. The van der Waals surface area contributed by atoms with Gasteiger partial charge in [0.15, 0.2) is 0 Å². The number of rotatable bonds is 6. The second-order valence-electron chi connectivity index (χ2n) is 5.11. The number of carbonyl (C=O) groups is 1. The molecule has 1 heterocycles. The van der Waals surface area contributed by atoms with Crippen molar-refractivity contribution in [3.05, 3.63) is 53.7 Å². The molecule has 0 radical (unpaired) electrons. The van der Waals surface area contributed by atoms with E-state index in [4.69, 9.17) is 4.74 Å². The van der Waals surface area contributed by atoms with Crippen molar-refractivity contribution in [2.75, 3.05) is 19.1 Å². The Morgan fingerprint density at radius 1 is 1.27 bits per heavy atom. The van der Waals surface area contributed by atoms with Crippen LogP contribution in [-0.4, -0.2) is 31.3 Å². The first-order chi connectivity index (χ1) is 12.3. The van der Waals surface area contributed by atoms with Crippen LogP contribution in [0.4, 0.5) is 18.9 Å². The highest BCUT2D eigenvalue weighted by atomic mass is 19.4. The summed E-state index contributed by atoms with van der Waals surface area (Å²) in [6.07, 6.45) is -2.72. The molecule has 0 saturated heterocycles. The van der Waals surface area contributed by atoms with Crippen molar-refractivity contribution in [3.8, 4) is 5.88 Å². The third kappa shape index (κ3) is 4.95. The summed E-state index contributed by atoms with van der Waals surface area (Å²) in [6, 6.07) is 8.97. The van der Waals surface area contributed by atoms with Gasteiger partial charge in [-0.3, -0.25) is 4.79 Å². The number of anilines is 1. The van der Waals surface area contributed by atoms with Crippen LogP contribution in [0.25, 0.3) is 0 Å². The fourth-order valence-electron chi connectivity index (χ4n) is 2.05. The van der Waals surface area contributed by atoms with Crippen LogP contribution in [0.1, 0.15) is 11.1 Å². The number of carbonyl (C=O) groups excluding carboxylic acids is 1. The Kier molecular flexibility index (Phi) is 6.16. The van der Waals surface area contributed by atoms with Gasteiger partial charge in [0.2, 0.25) is 5.88 Å². The normalized spacial score (nSPS) is 11.4. The monoisotopic (exact) mass is 367 g/mol. The van der Waals surface area contributed by atoms with Crippen molar-refractivity contribution in [1.29, 1.82) is 0 Å². The molecule has 1 aromatic carbocycles. The molecule has 6 nitrogen and oxygen atoms in total. The van der Waals surface area contributed by atoms with Gasteiger partial charge in [-0.2, -0.15) is 13.2 Å². The van der Waals surface area contributed by atoms with Gasteiger partial charge in [0, 0.05) is 24.9 Å². The number of aromatic nitrogens is 1. The van der Waals surface area contributed by atoms with Crippen LogP contribution in [0.5, 0.6) is 5.88 Å². The van der Waals surface area contributed by atoms with Crippen molar-refractivity contribution in [3.63, 3.8) is 0 Å². The molecule has 0 unspecified atom stereocenters. The molecule has 0 spiro atoms. The molecule has 9 heteroatoms. The van der Waals surface area contributed by atoms with E-state index in [2.05, 4.69) is 15.0 Å². The molecule has 0 N–H and O–H groups in total. The smallest absolute Gasteiger partial charge is 0.417 e. The Hall–Kier alpha value is -3.10. The number of hydrogen-bond donors (Lipinski definition) is 0. The van der Waals surface area contributed by atoms with Gasteiger partial charge < -0.3 is 14.5 Å². The Labute approximate surface area is 147 Å². The molecule has 2 rings (SSSR count). The summed E-state index contributed by atoms with van der Waals surface area (Å²) in [6.45, 7) is 0.0214. The summed E-state index contributed by atoms with van der Waals surface area (Å²) in [5.41, 5.74) is 0.357.